The van der Waals surface area contributed by atoms with Crippen molar-refractivity contribution >= 4 is 11.9 Å². The van der Waals surface area contributed by atoms with Crippen LogP contribution in [0.15, 0.2) is 54.6 Å². The van der Waals surface area contributed by atoms with Crippen molar-refractivity contribution in [2.75, 3.05) is 6.54 Å². The molecule has 0 aromatic heterocycles. The molecule has 0 radical (unpaired) electrons. The number of carbonyl (C=O) groups is 2. The van der Waals surface area contributed by atoms with Gasteiger partial charge in [-0.1, -0.05) is 48.5 Å². The van der Waals surface area contributed by atoms with Crippen molar-refractivity contribution in [1.82, 2.24) is 5.32 Å². The Morgan fingerprint density at radius 3 is 2.32 bits per heavy atom. The zero-order valence-corrected chi connectivity index (χ0v) is 15.0. The van der Waals surface area contributed by atoms with Gasteiger partial charge in [0.2, 0.25) is 5.91 Å². The summed E-state index contributed by atoms with van der Waals surface area (Å²) in [6.45, 7) is -0.0796. The van der Waals surface area contributed by atoms with Crippen molar-refractivity contribution in [3.05, 3.63) is 71.3 Å². The van der Waals surface area contributed by atoms with Gasteiger partial charge in [0, 0.05) is 6.54 Å². The number of aliphatic carboxylic acids is 1. The summed E-state index contributed by atoms with van der Waals surface area (Å²) < 4.78 is 38.9. The van der Waals surface area contributed by atoms with Crippen molar-refractivity contribution in [3.63, 3.8) is 0 Å². The molecule has 1 saturated carbocycles. The van der Waals surface area contributed by atoms with Gasteiger partial charge >= 0.3 is 12.1 Å². The average molecular weight is 391 g/mol. The molecule has 1 amide bonds. The smallest absolute Gasteiger partial charge is 0.416 e. The Morgan fingerprint density at radius 2 is 1.75 bits per heavy atom. The molecule has 0 aliphatic heterocycles. The molecule has 1 aliphatic rings. The third kappa shape index (κ3) is 4.35. The summed E-state index contributed by atoms with van der Waals surface area (Å²) in [4.78, 5) is 24.2. The van der Waals surface area contributed by atoms with Gasteiger partial charge in [0.15, 0.2) is 0 Å². The van der Waals surface area contributed by atoms with Crippen LogP contribution in [0.2, 0.25) is 0 Å². The van der Waals surface area contributed by atoms with E-state index < -0.39 is 34.9 Å². The van der Waals surface area contributed by atoms with E-state index in [1.165, 1.54) is 12.1 Å². The number of alkyl halides is 3. The highest BCUT2D eigenvalue weighted by atomic mass is 19.4. The maximum atomic E-state index is 13.0. The molecule has 2 N–H and O–H groups in total. The number of halogens is 3. The number of carboxylic acid groups (broad SMARTS) is 1. The molecule has 1 atom stereocenters. The van der Waals surface area contributed by atoms with Crippen molar-refractivity contribution < 1.29 is 27.9 Å². The third-order valence-corrected chi connectivity index (χ3v) is 5.11. The Morgan fingerprint density at radius 1 is 1.07 bits per heavy atom. The van der Waals surface area contributed by atoms with Crippen molar-refractivity contribution in [2.24, 2.45) is 5.92 Å². The molecule has 2 aromatic carbocycles. The zero-order valence-electron chi connectivity index (χ0n) is 15.0. The fourth-order valence-electron chi connectivity index (χ4n) is 3.30. The molecule has 148 valence electrons. The highest BCUT2D eigenvalue weighted by Gasteiger charge is 2.51. The number of rotatable bonds is 7. The Bertz CT molecular complexity index is 861. The highest BCUT2D eigenvalue weighted by Crippen LogP contribution is 2.49. The summed E-state index contributed by atoms with van der Waals surface area (Å²) in [7, 11) is 0. The van der Waals surface area contributed by atoms with Crippen LogP contribution in [0.1, 0.15) is 29.5 Å². The largest absolute Gasteiger partial charge is 0.481 e. The number of benzene rings is 2. The highest BCUT2D eigenvalue weighted by molar-refractivity contribution is 5.91. The summed E-state index contributed by atoms with van der Waals surface area (Å²) in [5.41, 5.74) is -0.647. The van der Waals surface area contributed by atoms with Gasteiger partial charge < -0.3 is 10.4 Å². The first-order chi connectivity index (χ1) is 13.2. The third-order valence-electron chi connectivity index (χ3n) is 5.11. The number of hydrogen-bond acceptors (Lipinski definition) is 2. The first-order valence-corrected chi connectivity index (χ1v) is 8.95. The number of nitrogens with one attached hydrogen (secondary N) is 1. The quantitative estimate of drug-likeness (QED) is 0.755. The predicted octanol–water partition coefficient (Wildman–Crippen LogP) is 3.80. The minimum Gasteiger partial charge on any atom is -0.481 e. The molecule has 1 aliphatic carbocycles. The molecular weight excluding hydrogens is 371 g/mol. The minimum absolute atomic E-state index is 0.0796. The topological polar surface area (TPSA) is 66.4 Å². The summed E-state index contributed by atoms with van der Waals surface area (Å²) >= 11 is 0. The first-order valence-electron chi connectivity index (χ1n) is 8.95. The maximum Gasteiger partial charge on any atom is 0.416 e. The summed E-state index contributed by atoms with van der Waals surface area (Å²) in [6, 6.07) is 13.8. The maximum absolute atomic E-state index is 13.0. The van der Waals surface area contributed by atoms with Gasteiger partial charge in [-0.2, -0.15) is 13.2 Å². The molecule has 0 bridgehead atoms. The van der Waals surface area contributed by atoms with Crippen LogP contribution in [-0.2, 0) is 27.6 Å². The van der Waals surface area contributed by atoms with E-state index in [1.807, 2.05) is 18.2 Å². The Kier molecular flexibility index (Phi) is 5.45. The van der Waals surface area contributed by atoms with Gasteiger partial charge in [-0.3, -0.25) is 9.59 Å². The van der Waals surface area contributed by atoms with Crippen LogP contribution < -0.4 is 5.32 Å². The Balaban J connectivity index is 1.69. The molecule has 7 heteroatoms. The second kappa shape index (κ2) is 7.66. The van der Waals surface area contributed by atoms with E-state index in [9.17, 15) is 27.9 Å². The van der Waals surface area contributed by atoms with Crippen molar-refractivity contribution in [2.45, 2.75) is 30.9 Å². The minimum atomic E-state index is -4.48. The lowest BCUT2D eigenvalue weighted by Crippen LogP contribution is -2.40. The van der Waals surface area contributed by atoms with Gasteiger partial charge in [0.05, 0.1) is 16.9 Å². The second-order valence-electron chi connectivity index (χ2n) is 7.10. The van der Waals surface area contributed by atoms with E-state index in [-0.39, 0.29) is 13.0 Å². The van der Waals surface area contributed by atoms with Crippen LogP contribution in [0.5, 0.6) is 0 Å². The van der Waals surface area contributed by atoms with Crippen molar-refractivity contribution in [1.29, 1.82) is 0 Å². The molecule has 1 unspecified atom stereocenters. The van der Waals surface area contributed by atoms with Crippen LogP contribution in [0.3, 0.4) is 0 Å². The van der Waals surface area contributed by atoms with E-state index in [0.717, 1.165) is 17.7 Å². The molecule has 0 heterocycles. The molecule has 4 nitrogen and oxygen atoms in total. The van der Waals surface area contributed by atoms with E-state index in [1.54, 1.807) is 12.1 Å². The summed E-state index contributed by atoms with van der Waals surface area (Å²) in [6.07, 6.45) is -3.34. The molecule has 2 aromatic rings. The molecule has 3 rings (SSSR count). The average Bonchev–Trinajstić information content (AvgIpc) is 3.47. The van der Waals surface area contributed by atoms with Crippen LogP contribution in [-0.4, -0.2) is 23.5 Å². The summed E-state index contributed by atoms with van der Waals surface area (Å²) in [5, 5.41) is 12.1. The first kappa shape index (κ1) is 19.9. The number of amides is 1. The summed E-state index contributed by atoms with van der Waals surface area (Å²) in [5.74, 6) is -2.28. The van der Waals surface area contributed by atoms with Gasteiger partial charge in [-0.25, -0.2) is 0 Å². The van der Waals surface area contributed by atoms with E-state index in [4.69, 9.17) is 0 Å². The van der Waals surface area contributed by atoms with E-state index in [2.05, 4.69) is 5.32 Å². The fraction of sp³-hybridized carbons (Fsp3) is 0.333. The molecule has 0 saturated heterocycles. The molecular formula is C21H20F3NO3. The molecule has 28 heavy (non-hydrogen) atoms. The predicted molar refractivity (Wildman–Crippen MR) is 96.6 cm³/mol. The Labute approximate surface area is 160 Å². The van der Waals surface area contributed by atoms with Gasteiger partial charge in [-0.05, 0) is 36.5 Å². The van der Waals surface area contributed by atoms with Crippen LogP contribution >= 0.6 is 0 Å². The lowest BCUT2D eigenvalue weighted by Gasteiger charge is -2.19. The lowest BCUT2D eigenvalue weighted by molar-refractivity contribution is -0.142. The molecule has 1 fully saturated rings. The van der Waals surface area contributed by atoms with E-state index >= 15 is 0 Å². The molecule has 0 spiro atoms. The standard InChI is InChI=1S/C21H20F3NO3/c22-21(23,24)17-8-4-7-16(12-17)20(9-10-20)19(28)25-13-15(18(26)27)11-14-5-2-1-3-6-14/h1-8,12,15H,9-11,13H2,(H,25,28)(H,26,27). The normalized spacial score (nSPS) is 16.2. The number of carbonyl (C=O) groups excluding carboxylic acids is 1. The lowest BCUT2D eigenvalue weighted by atomic mass is 9.92. The van der Waals surface area contributed by atoms with Gasteiger partial charge in [0.25, 0.3) is 0 Å². The number of carboxylic acids is 1. The van der Waals surface area contributed by atoms with Crippen molar-refractivity contribution in [3.8, 4) is 0 Å². The Hall–Kier alpha value is -2.83. The number of hydrogen-bond donors (Lipinski definition) is 2. The van der Waals surface area contributed by atoms with E-state index in [0.29, 0.717) is 18.4 Å². The van der Waals surface area contributed by atoms with Gasteiger partial charge in [0.1, 0.15) is 0 Å². The fourth-order valence-corrected chi connectivity index (χ4v) is 3.30. The van der Waals surface area contributed by atoms with Crippen LogP contribution in [0.25, 0.3) is 0 Å². The monoisotopic (exact) mass is 391 g/mol. The second-order valence-corrected chi connectivity index (χ2v) is 7.10. The van der Waals surface area contributed by atoms with Crippen LogP contribution in [0.4, 0.5) is 13.2 Å². The SMILES string of the molecule is O=C(O)C(CNC(=O)C1(c2cccc(C(F)(F)F)c2)CC1)Cc1ccccc1. The zero-order chi connectivity index (χ0) is 20.4. The van der Waals surface area contributed by atoms with Gasteiger partial charge in [-0.15, -0.1) is 0 Å². The van der Waals surface area contributed by atoms with Crippen LogP contribution in [0, 0.1) is 5.92 Å².